The minimum absolute atomic E-state index is 0.196. The monoisotopic (exact) mass is 378 g/mol. The van der Waals surface area contributed by atoms with Crippen molar-refractivity contribution in [3.63, 3.8) is 0 Å². The van der Waals surface area contributed by atoms with Crippen LogP contribution in [0.2, 0.25) is 0 Å². The largest absolute Gasteiger partial charge is 0.478 e. The van der Waals surface area contributed by atoms with Gasteiger partial charge in [0.25, 0.3) is 0 Å². The quantitative estimate of drug-likeness (QED) is 0.678. The van der Waals surface area contributed by atoms with Gasteiger partial charge in [0.2, 0.25) is 15.9 Å². The molecule has 9 heteroatoms. The second-order valence-electron chi connectivity index (χ2n) is 4.69. The number of aromatic carboxylic acids is 1. The van der Waals surface area contributed by atoms with Gasteiger partial charge < -0.3 is 10.8 Å². The van der Waals surface area contributed by atoms with E-state index in [1.54, 1.807) is 13.8 Å². The fraction of sp³-hybridized carbons (Fsp3) is 0.333. The summed E-state index contributed by atoms with van der Waals surface area (Å²) in [7, 11) is -4.06. The van der Waals surface area contributed by atoms with Crippen molar-refractivity contribution in [3.8, 4) is 0 Å². The maximum Gasteiger partial charge on any atom is 0.336 e. The average molecular weight is 379 g/mol. The molecule has 0 aliphatic rings. The van der Waals surface area contributed by atoms with Gasteiger partial charge in [-0.15, -0.1) is 0 Å². The summed E-state index contributed by atoms with van der Waals surface area (Å²) in [5.41, 5.74) is 4.96. The molecular formula is C12H15BrN2O5S. The van der Waals surface area contributed by atoms with Crippen molar-refractivity contribution in [1.29, 1.82) is 0 Å². The number of carboxylic acids is 1. The molecule has 1 aromatic carbocycles. The summed E-state index contributed by atoms with van der Waals surface area (Å²) in [5, 5.41) is 8.99. The normalized spacial score (nSPS) is 13.1. The van der Waals surface area contributed by atoms with Gasteiger partial charge in [-0.25, -0.2) is 13.2 Å². The van der Waals surface area contributed by atoms with E-state index in [0.717, 1.165) is 6.07 Å². The molecule has 1 rings (SSSR count). The third kappa shape index (κ3) is 4.26. The van der Waals surface area contributed by atoms with E-state index in [2.05, 4.69) is 20.7 Å². The Morgan fingerprint density at radius 3 is 2.33 bits per heavy atom. The molecule has 0 bridgehead atoms. The Balaban J connectivity index is 3.22. The Bertz CT molecular complexity index is 672. The van der Waals surface area contributed by atoms with Gasteiger partial charge >= 0.3 is 5.97 Å². The molecule has 116 valence electrons. The molecule has 7 nitrogen and oxygen atoms in total. The summed E-state index contributed by atoms with van der Waals surface area (Å²) in [6, 6.07) is 2.48. The van der Waals surface area contributed by atoms with E-state index >= 15 is 0 Å². The average Bonchev–Trinajstić information content (AvgIpc) is 2.35. The smallest absolute Gasteiger partial charge is 0.336 e. The van der Waals surface area contributed by atoms with Gasteiger partial charge in [0.1, 0.15) is 6.04 Å². The molecule has 0 saturated heterocycles. The van der Waals surface area contributed by atoms with Crippen molar-refractivity contribution in [2.75, 3.05) is 0 Å². The van der Waals surface area contributed by atoms with E-state index in [1.165, 1.54) is 12.1 Å². The topological polar surface area (TPSA) is 127 Å². The number of rotatable bonds is 6. The van der Waals surface area contributed by atoms with Crippen LogP contribution in [0.25, 0.3) is 0 Å². The van der Waals surface area contributed by atoms with Gasteiger partial charge in [0, 0.05) is 4.47 Å². The lowest BCUT2D eigenvalue weighted by molar-refractivity contribution is -0.120. The minimum atomic E-state index is -4.06. The summed E-state index contributed by atoms with van der Waals surface area (Å²) in [6.07, 6.45) is 0. The van der Waals surface area contributed by atoms with E-state index in [-0.39, 0.29) is 20.8 Å². The molecule has 0 fully saturated rings. The third-order valence-electron chi connectivity index (χ3n) is 2.73. The van der Waals surface area contributed by atoms with Gasteiger partial charge in [-0.1, -0.05) is 13.8 Å². The van der Waals surface area contributed by atoms with Crippen LogP contribution in [-0.4, -0.2) is 31.4 Å². The number of hydrogen-bond acceptors (Lipinski definition) is 4. The molecule has 0 heterocycles. The fourth-order valence-electron chi connectivity index (χ4n) is 1.59. The van der Waals surface area contributed by atoms with Gasteiger partial charge in [-0.05, 0) is 40.0 Å². The number of carbonyl (C=O) groups excluding carboxylic acids is 1. The maximum absolute atomic E-state index is 12.2. The molecular weight excluding hydrogens is 364 g/mol. The van der Waals surface area contributed by atoms with Crippen LogP contribution in [-0.2, 0) is 14.8 Å². The highest BCUT2D eigenvalue weighted by molar-refractivity contribution is 9.10. The van der Waals surface area contributed by atoms with Gasteiger partial charge in [0.15, 0.2) is 0 Å². The lowest BCUT2D eigenvalue weighted by Crippen LogP contribution is -2.47. The minimum Gasteiger partial charge on any atom is -0.478 e. The van der Waals surface area contributed by atoms with E-state index in [4.69, 9.17) is 10.8 Å². The molecule has 0 spiro atoms. The Morgan fingerprint density at radius 2 is 1.90 bits per heavy atom. The summed E-state index contributed by atoms with van der Waals surface area (Å²) < 4.78 is 26.9. The molecule has 1 aromatic rings. The molecule has 4 N–H and O–H groups in total. The van der Waals surface area contributed by atoms with Gasteiger partial charge in [0.05, 0.1) is 10.5 Å². The molecule has 21 heavy (non-hydrogen) atoms. The number of sulfonamides is 1. The van der Waals surface area contributed by atoms with Crippen LogP contribution in [0.1, 0.15) is 24.2 Å². The number of benzene rings is 1. The van der Waals surface area contributed by atoms with E-state index in [0.29, 0.717) is 0 Å². The SMILES string of the molecule is CC(C)C(NS(=O)(=O)c1ccc(Br)c(C(=O)O)c1)C(N)=O. The molecule has 0 aliphatic heterocycles. The van der Waals surface area contributed by atoms with Crippen LogP contribution in [0.15, 0.2) is 27.6 Å². The van der Waals surface area contributed by atoms with Crippen molar-refractivity contribution in [2.24, 2.45) is 11.7 Å². The Morgan fingerprint density at radius 1 is 1.33 bits per heavy atom. The molecule has 0 aromatic heterocycles. The van der Waals surface area contributed by atoms with Crippen molar-refractivity contribution < 1.29 is 23.1 Å². The second kappa shape index (κ2) is 6.54. The number of hydrogen-bond donors (Lipinski definition) is 3. The van der Waals surface area contributed by atoms with Crippen molar-refractivity contribution >= 4 is 37.8 Å². The fourth-order valence-corrected chi connectivity index (χ4v) is 3.39. The van der Waals surface area contributed by atoms with Crippen molar-refractivity contribution in [2.45, 2.75) is 24.8 Å². The summed E-state index contributed by atoms with van der Waals surface area (Å²) in [5.74, 6) is -2.41. The van der Waals surface area contributed by atoms with Crippen LogP contribution in [0.5, 0.6) is 0 Å². The van der Waals surface area contributed by atoms with Crippen LogP contribution in [0.4, 0.5) is 0 Å². The number of nitrogens with one attached hydrogen (secondary N) is 1. The Labute approximate surface area is 130 Å². The second-order valence-corrected chi connectivity index (χ2v) is 7.26. The predicted molar refractivity (Wildman–Crippen MR) is 79.2 cm³/mol. The highest BCUT2D eigenvalue weighted by atomic mass is 79.9. The first-order valence-electron chi connectivity index (χ1n) is 5.90. The van der Waals surface area contributed by atoms with Crippen LogP contribution in [0, 0.1) is 5.92 Å². The molecule has 1 atom stereocenters. The first-order valence-corrected chi connectivity index (χ1v) is 8.18. The standard InChI is InChI=1S/C12H15BrN2O5S/c1-6(2)10(11(14)16)15-21(19,20)7-3-4-9(13)8(5-7)12(17)18/h3-6,10,15H,1-2H3,(H2,14,16)(H,17,18). The number of halogens is 1. The van der Waals surface area contributed by atoms with Crippen LogP contribution < -0.4 is 10.5 Å². The number of amides is 1. The third-order valence-corrected chi connectivity index (χ3v) is 4.86. The molecule has 0 radical (unpaired) electrons. The zero-order valence-corrected chi connectivity index (χ0v) is 13.7. The summed E-state index contributed by atoms with van der Waals surface area (Å²) >= 11 is 3.02. The zero-order valence-electron chi connectivity index (χ0n) is 11.3. The van der Waals surface area contributed by atoms with E-state index in [1.807, 2.05) is 0 Å². The molecule has 0 saturated carbocycles. The first kappa shape index (κ1) is 17.6. The van der Waals surface area contributed by atoms with Gasteiger partial charge in [-0.3, -0.25) is 4.79 Å². The number of carbonyl (C=O) groups is 2. The van der Waals surface area contributed by atoms with Crippen LogP contribution in [0.3, 0.4) is 0 Å². The zero-order chi connectivity index (χ0) is 16.4. The number of primary amides is 1. The molecule has 1 amide bonds. The predicted octanol–water partition coefficient (Wildman–Crippen LogP) is 0.935. The number of carboxylic acid groups (broad SMARTS) is 1. The van der Waals surface area contributed by atoms with Crippen LogP contribution >= 0.6 is 15.9 Å². The Hall–Kier alpha value is -1.45. The Kier molecular flexibility index (Phi) is 5.48. The summed E-state index contributed by atoms with van der Waals surface area (Å²) in [4.78, 5) is 22.0. The molecule has 1 unspecified atom stereocenters. The maximum atomic E-state index is 12.2. The van der Waals surface area contributed by atoms with E-state index < -0.39 is 27.9 Å². The lowest BCUT2D eigenvalue weighted by atomic mass is 10.1. The molecule has 0 aliphatic carbocycles. The van der Waals surface area contributed by atoms with Gasteiger partial charge in [-0.2, -0.15) is 4.72 Å². The van der Waals surface area contributed by atoms with Crippen molar-refractivity contribution in [3.05, 3.63) is 28.2 Å². The van der Waals surface area contributed by atoms with Crippen molar-refractivity contribution in [1.82, 2.24) is 4.72 Å². The van der Waals surface area contributed by atoms with E-state index in [9.17, 15) is 18.0 Å². The highest BCUT2D eigenvalue weighted by Gasteiger charge is 2.27. The highest BCUT2D eigenvalue weighted by Crippen LogP contribution is 2.21. The lowest BCUT2D eigenvalue weighted by Gasteiger charge is -2.19. The number of nitrogens with two attached hydrogens (primary N) is 1. The summed E-state index contributed by atoms with van der Waals surface area (Å²) in [6.45, 7) is 3.28. The first-order chi connectivity index (χ1) is 9.56.